The molecule has 1 fully saturated rings. The van der Waals surface area contributed by atoms with Gasteiger partial charge in [-0.3, -0.25) is 9.59 Å². The summed E-state index contributed by atoms with van der Waals surface area (Å²) in [5.41, 5.74) is 5.77. The maximum absolute atomic E-state index is 12.3. The lowest BCUT2D eigenvalue weighted by molar-refractivity contribution is -0.122. The van der Waals surface area contributed by atoms with Crippen molar-refractivity contribution >= 4 is 23.4 Å². The van der Waals surface area contributed by atoms with Gasteiger partial charge in [0.05, 0.1) is 0 Å². The van der Waals surface area contributed by atoms with Gasteiger partial charge in [0.15, 0.2) is 0 Å². The van der Waals surface area contributed by atoms with Crippen molar-refractivity contribution in [3.8, 4) is 0 Å². The van der Waals surface area contributed by atoms with Crippen LogP contribution in [0.4, 0.5) is 0 Å². The summed E-state index contributed by atoms with van der Waals surface area (Å²) < 4.78 is 0. The highest BCUT2D eigenvalue weighted by atomic mass is 35.5. The van der Waals surface area contributed by atoms with Gasteiger partial charge in [-0.2, -0.15) is 0 Å². The minimum absolute atomic E-state index is 0.220. The number of amides is 2. The Balaban J connectivity index is 2.23. The Hall–Kier alpha value is -1.59. The second-order valence-corrected chi connectivity index (χ2v) is 4.57. The Morgan fingerprint density at radius 1 is 1.44 bits per heavy atom. The Morgan fingerprint density at radius 3 is 2.89 bits per heavy atom. The van der Waals surface area contributed by atoms with Gasteiger partial charge in [0.1, 0.15) is 6.04 Å². The second-order valence-electron chi connectivity index (χ2n) is 4.13. The molecule has 0 bridgehead atoms. The summed E-state index contributed by atoms with van der Waals surface area (Å²) in [5, 5.41) is 3.54. The van der Waals surface area contributed by atoms with Gasteiger partial charge in [-0.05, 0) is 18.2 Å². The standard InChI is InChI=1S/C12H14ClN3O2/c13-9-3-1-2-8(6-9)12(18)16-5-4-15-7-10(16)11(14)17/h1-3,6,10,15H,4-5,7H2,(H2,14,17). The van der Waals surface area contributed by atoms with Crippen LogP contribution in [-0.2, 0) is 4.79 Å². The number of nitrogens with one attached hydrogen (secondary N) is 1. The second kappa shape index (κ2) is 5.37. The number of rotatable bonds is 2. The van der Waals surface area contributed by atoms with E-state index in [1.54, 1.807) is 24.3 Å². The number of benzene rings is 1. The zero-order valence-electron chi connectivity index (χ0n) is 9.73. The van der Waals surface area contributed by atoms with Gasteiger partial charge in [-0.1, -0.05) is 17.7 Å². The molecule has 2 rings (SSSR count). The molecule has 18 heavy (non-hydrogen) atoms. The van der Waals surface area contributed by atoms with Gasteiger partial charge in [0.2, 0.25) is 5.91 Å². The highest BCUT2D eigenvalue weighted by Gasteiger charge is 2.31. The van der Waals surface area contributed by atoms with Crippen LogP contribution in [0.15, 0.2) is 24.3 Å². The molecule has 1 unspecified atom stereocenters. The van der Waals surface area contributed by atoms with Crippen molar-refractivity contribution in [2.24, 2.45) is 5.73 Å². The molecule has 1 aliphatic heterocycles. The third kappa shape index (κ3) is 2.63. The van der Waals surface area contributed by atoms with Crippen LogP contribution in [0.3, 0.4) is 0 Å². The maximum Gasteiger partial charge on any atom is 0.254 e. The number of hydrogen-bond donors (Lipinski definition) is 2. The number of carbonyl (C=O) groups is 2. The number of halogens is 1. The van der Waals surface area contributed by atoms with Crippen LogP contribution in [0.25, 0.3) is 0 Å². The number of carbonyl (C=O) groups excluding carboxylic acids is 2. The van der Waals surface area contributed by atoms with Crippen LogP contribution < -0.4 is 11.1 Å². The molecule has 1 aromatic rings. The van der Waals surface area contributed by atoms with Crippen molar-refractivity contribution in [3.05, 3.63) is 34.9 Å². The predicted molar refractivity (Wildman–Crippen MR) is 68.3 cm³/mol. The lowest BCUT2D eigenvalue weighted by atomic mass is 10.1. The molecule has 3 N–H and O–H groups in total. The first kappa shape index (κ1) is 12.9. The van der Waals surface area contributed by atoms with E-state index in [9.17, 15) is 9.59 Å². The monoisotopic (exact) mass is 267 g/mol. The fourth-order valence-corrected chi connectivity index (χ4v) is 2.18. The molecule has 1 atom stereocenters. The van der Waals surface area contributed by atoms with Crippen LogP contribution in [-0.4, -0.2) is 42.4 Å². The zero-order chi connectivity index (χ0) is 13.1. The highest BCUT2D eigenvalue weighted by molar-refractivity contribution is 6.31. The summed E-state index contributed by atoms with van der Waals surface area (Å²) in [5.74, 6) is -0.722. The normalized spacial score (nSPS) is 19.6. The molecule has 0 spiro atoms. The van der Waals surface area contributed by atoms with Crippen molar-refractivity contribution in [1.29, 1.82) is 0 Å². The maximum atomic E-state index is 12.3. The first-order chi connectivity index (χ1) is 8.59. The van der Waals surface area contributed by atoms with E-state index in [-0.39, 0.29) is 5.91 Å². The molecule has 2 amide bonds. The van der Waals surface area contributed by atoms with E-state index < -0.39 is 11.9 Å². The minimum atomic E-state index is -0.606. The number of primary amides is 1. The highest BCUT2D eigenvalue weighted by Crippen LogP contribution is 2.15. The van der Waals surface area contributed by atoms with E-state index in [1.165, 1.54) is 4.90 Å². The van der Waals surface area contributed by atoms with Crippen LogP contribution in [0.2, 0.25) is 5.02 Å². The van der Waals surface area contributed by atoms with E-state index >= 15 is 0 Å². The molecule has 0 radical (unpaired) electrons. The third-order valence-corrected chi connectivity index (χ3v) is 3.14. The molecule has 1 aliphatic rings. The minimum Gasteiger partial charge on any atom is -0.368 e. The van der Waals surface area contributed by atoms with Gasteiger partial charge in [0.25, 0.3) is 5.91 Å². The molecular weight excluding hydrogens is 254 g/mol. The van der Waals surface area contributed by atoms with Crippen LogP contribution in [0.5, 0.6) is 0 Å². The van der Waals surface area contributed by atoms with Crippen LogP contribution >= 0.6 is 11.6 Å². The molecule has 1 aromatic carbocycles. The Morgan fingerprint density at radius 2 is 2.22 bits per heavy atom. The largest absolute Gasteiger partial charge is 0.368 e. The van der Waals surface area contributed by atoms with Gasteiger partial charge < -0.3 is 16.0 Å². The molecule has 6 heteroatoms. The van der Waals surface area contributed by atoms with Crippen molar-refractivity contribution in [2.75, 3.05) is 19.6 Å². The Kier molecular flexibility index (Phi) is 3.84. The Labute approximate surface area is 110 Å². The third-order valence-electron chi connectivity index (χ3n) is 2.90. The summed E-state index contributed by atoms with van der Waals surface area (Å²) >= 11 is 5.85. The first-order valence-electron chi connectivity index (χ1n) is 5.66. The summed E-state index contributed by atoms with van der Waals surface area (Å²) in [6.07, 6.45) is 0. The molecule has 5 nitrogen and oxygen atoms in total. The number of nitrogens with zero attached hydrogens (tertiary/aromatic N) is 1. The van der Waals surface area contributed by atoms with Gasteiger partial charge in [0, 0.05) is 30.2 Å². The Bertz CT molecular complexity index is 478. The first-order valence-corrected chi connectivity index (χ1v) is 6.04. The SMILES string of the molecule is NC(=O)C1CNCCN1C(=O)c1cccc(Cl)c1. The van der Waals surface area contributed by atoms with E-state index in [2.05, 4.69) is 5.32 Å². The van der Waals surface area contributed by atoms with E-state index in [0.717, 1.165) is 0 Å². The average molecular weight is 268 g/mol. The fourth-order valence-electron chi connectivity index (χ4n) is 1.99. The van der Waals surface area contributed by atoms with Crippen molar-refractivity contribution in [2.45, 2.75) is 6.04 Å². The molecule has 1 heterocycles. The topological polar surface area (TPSA) is 75.4 Å². The van der Waals surface area contributed by atoms with Crippen LogP contribution in [0.1, 0.15) is 10.4 Å². The van der Waals surface area contributed by atoms with Crippen molar-refractivity contribution in [3.63, 3.8) is 0 Å². The zero-order valence-corrected chi connectivity index (χ0v) is 10.5. The summed E-state index contributed by atoms with van der Waals surface area (Å²) in [7, 11) is 0. The molecule has 96 valence electrons. The average Bonchev–Trinajstić information content (AvgIpc) is 2.38. The molecule has 0 aromatic heterocycles. The lowest BCUT2D eigenvalue weighted by Gasteiger charge is -2.34. The number of piperazine rings is 1. The molecule has 1 saturated heterocycles. The smallest absolute Gasteiger partial charge is 0.254 e. The van der Waals surface area contributed by atoms with Crippen molar-refractivity contribution in [1.82, 2.24) is 10.2 Å². The number of nitrogens with two attached hydrogens (primary N) is 1. The quantitative estimate of drug-likeness (QED) is 0.806. The predicted octanol–water partition coefficient (Wildman–Crippen LogP) is 0.239. The van der Waals surface area contributed by atoms with E-state index in [0.29, 0.717) is 30.2 Å². The summed E-state index contributed by atoms with van der Waals surface area (Å²) in [6, 6.07) is 6.06. The molecule has 0 aliphatic carbocycles. The number of hydrogen-bond acceptors (Lipinski definition) is 3. The lowest BCUT2D eigenvalue weighted by Crippen LogP contribution is -2.58. The van der Waals surface area contributed by atoms with Crippen molar-refractivity contribution < 1.29 is 9.59 Å². The molecular formula is C12H14ClN3O2. The van der Waals surface area contributed by atoms with E-state index in [4.69, 9.17) is 17.3 Å². The van der Waals surface area contributed by atoms with Gasteiger partial charge in [-0.15, -0.1) is 0 Å². The van der Waals surface area contributed by atoms with E-state index in [1.807, 2.05) is 0 Å². The fraction of sp³-hybridized carbons (Fsp3) is 0.333. The van der Waals surface area contributed by atoms with Gasteiger partial charge in [-0.25, -0.2) is 0 Å². The van der Waals surface area contributed by atoms with Crippen LogP contribution in [0, 0.1) is 0 Å². The summed E-state index contributed by atoms with van der Waals surface area (Å²) in [4.78, 5) is 25.1. The molecule has 0 saturated carbocycles. The summed E-state index contributed by atoms with van der Waals surface area (Å²) in [6.45, 7) is 1.50. The van der Waals surface area contributed by atoms with Gasteiger partial charge >= 0.3 is 0 Å².